The van der Waals surface area contributed by atoms with Crippen LogP contribution in [-0.2, 0) is 4.74 Å². The van der Waals surface area contributed by atoms with Gasteiger partial charge in [0.15, 0.2) is 0 Å². The quantitative estimate of drug-likeness (QED) is 0.817. The number of nitrogens with one attached hydrogen (secondary N) is 1. The van der Waals surface area contributed by atoms with Gasteiger partial charge in [-0.3, -0.25) is 0 Å². The minimum absolute atomic E-state index is 0. The van der Waals surface area contributed by atoms with E-state index in [1.54, 1.807) is 0 Å². The lowest BCUT2D eigenvalue weighted by atomic mass is 9.99. The van der Waals surface area contributed by atoms with Crippen LogP contribution in [0.25, 0.3) is 0 Å². The highest BCUT2D eigenvalue weighted by Crippen LogP contribution is 2.15. The fourth-order valence-corrected chi connectivity index (χ4v) is 2.73. The van der Waals surface area contributed by atoms with Crippen molar-refractivity contribution in [3.05, 3.63) is 0 Å². The Morgan fingerprint density at radius 2 is 2.12 bits per heavy atom. The molecule has 2 atom stereocenters. The molecule has 0 saturated carbocycles. The van der Waals surface area contributed by atoms with Gasteiger partial charge in [-0.05, 0) is 51.7 Å². The zero-order valence-electron chi connectivity index (χ0n) is 10.3. The smallest absolute Gasteiger partial charge is 0.0702 e. The van der Waals surface area contributed by atoms with Crippen molar-refractivity contribution in [3.8, 4) is 0 Å². The average molecular weight is 249 g/mol. The Hall–Kier alpha value is 0.170. The standard InChI is InChI=1S/C12H24N2O.ClH/c1-14(10-12-5-3-7-15-12)9-11-4-2-6-13-8-11;/h11-13H,2-10H2,1H3;1H/t11?,12-;/m0./s1. The highest BCUT2D eigenvalue weighted by atomic mass is 35.5. The summed E-state index contributed by atoms with van der Waals surface area (Å²) in [6.07, 6.45) is 5.75. The van der Waals surface area contributed by atoms with Gasteiger partial charge in [0.2, 0.25) is 0 Å². The molecule has 3 nitrogen and oxygen atoms in total. The van der Waals surface area contributed by atoms with E-state index in [0.717, 1.165) is 19.1 Å². The van der Waals surface area contributed by atoms with Crippen LogP contribution in [0.15, 0.2) is 0 Å². The summed E-state index contributed by atoms with van der Waals surface area (Å²) in [5.74, 6) is 0.852. The van der Waals surface area contributed by atoms with Crippen LogP contribution in [0.4, 0.5) is 0 Å². The van der Waals surface area contributed by atoms with Crippen molar-refractivity contribution in [1.82, 2.24) is 10.2 Å². The Morgan fingerprint density at radius 1 is 1.25 bits per heavy atom. The summed E-state index contributed by atoms with van der Waals surface area (Å²) in [5, 5.41) is 3.48. The molecule has 0 aromatic rings. The van der Waals surface area contributed by atoms with E-state index in [0.29, 0.717) is 6.10 Å². The van der Waals surface area contributed by atoms with Crippen molar-refractivity contribution in [2.45, 2.75) is 31.8 Å². The molecular weight excluding hydrogens is 224 g/mol. The van der Waals surface area contributed by atoms with Gasteiger partial charge in [-0.2, -0.15) is 0 Å². The number of nitrogens with zero attached hydrogens (tertiary/aromatic N) is 1. The first-order chi connectivity index (χ1) is 7.34. The fraction of sp³-hybridized carbons (Fsp3) is 1.00. The Kier molecular flexibility index (Phi) is 6.66. The maximum atomic E-state index is 5.66. The molecule has 0 aromatic heterocycles. The number of ether oxygens (including phenoxy) is 1. The van der Waals surface area contributed by atoms with Crippen molar-refractivity contribution < 1.29 is 4.74 Å². The molecule has 16 heavy (non-hydrogen) atoms. The second-order valence-electron chi connectivity index (χ2n) is 5.07. The summed E-state index contributed by atoms with van der Waals surface area (Å²) < 4.78 is 5.66. The maximum absolute atomic E-state index is 5.66. The molecule has 2 fully saturated rings. The van der Waals surface area contributed by atoms with E-state index in [1.165, 1.54) is 45.3 Å². The average Bonchev–Trinajstić information content (AvgIpc) is 2.71. The van der Waals surface area contributed by atoms with Gasteiger partial charge in [0.05, 0.1) is 6.10 Å². The molecule has 1 unspecified atom stereocenters. The van der Waals surface area contributed by atoms with E-state index in [2.05, 4.69) is 17.3 Å². The molecular formula is C12H25ClN2O. The molecule has 2 saturated heterocycles. The molecule has 0 spiro atoms. The Bertz CT molecular complexity index is 180. The first-order valence-corrected chi connectivity index (χ1v) is 6.35. The summed E-state index contributed by atoms with van der Waals surface area (Å²) in [6.45, 7) is 5.74. The van der Waals surface area contributed by atoms with Crippen LogP contribution in [0, 0.1) is 5.92 Å². The number of hydrogen-bond acceptors (Lipinski definition) is 3. The highest BCUT2D eigenvalue weighted by molar-refractivity contribution is 5.85. The molecule has 0 bridgehead atoms. The van der Waals surface area contributed by atoms with E-state index < -0.39 is 0 Å². The molecule has 0 aliphatic carbocycles. The Labute approximate surface area is 105 Å². The first kappa shape index (κ1) is 14.2. The third-order valence-electron chi connectivity index (χ3n) is 3.51. The van der Waals surface area contributed by atoms with Crippen LogP contribution in [0.1, 0.15) is 25.7 Å². The molecule has 2 rings (SSSR count). The van der Waals surface area contributed by atoms with Gasteiger partial charge in [-0.1, -0.05) is 0 Å². The van der Waals surface area contributed by atoms with Crippen molar-refractivity contribution in [1.29, 1.82) is 0 Å². The Morgan fingerprint density at radius 3 is 2.75 bits per heavy atom. The summed E-state index contributed by atoms with van der Waals surface area (Å²) >= 11 is 0. The topological polar surface area (TPSA) is 24.5 Å². The summed E-state index contributed by atoms with van der Waals surface area (Å²) in [7, 11) is 2.23. The predicted molar refractivity (Wildman–Crippen MR) is 69.3 cm³/mol. The molecule has 1 N–H and O–H groups in total. The van der Waals surface area contributed by atoms with Gasteiger partial charge in [-0.25, -0.2) is 0 Å². The van der Waals surface area contributed by atoms with E-state index >= 15 is 0 Å². The summed E-state index contributed by atoms with van der Waals surface area (Å²) in [6, 6.07) is 0. The zero-order valence-corrected chi connectivity index (χ0v) is 11.1. The maximum Gasteiger partial charge on any atom is 0.0702 e. The Balaban J connectivity index is 0.00000128. The lowest BCUT2D eigenvalue weighted by Crippen LogP contribution is -2.39. The lowest BCUT2D eigenvalue weighted by molar-refractivity contribution is 0.0751. The summed E-state index contributed by atoms with van der Waals surface area (Å²) in [4.78, 5) is 2.45. The third kappa shape index (κ3) is 4.58. The number of hydrogen-bond donors (Lipinski definition) is 1. The van der Waals surface area contributed by atoms with Crippen molar-refractivity contribution in [3.63, 3.8) is 0 Å². The molecule has 2 aliphatic rings. The van der Waals surface area contributed by atoms with Crippen molar-refractivity contribution in [2.24, 2.45) is 5.92 Å². The van der Waals surface area contributed by atoms with E-state index in [-0.39, 0.29) is 12.4 Å². The first-order valence-electron chi connectivity index (χ1n) is 6.35. The van der Waals surface area contributed by atoms with Crippen LogP contribution < -0.4 is 5.32 Å². The van der Waals surface area contributed by atoms with Gasteiger partial charge >= 0.3 is 0 Å². The van der Waals surface area contributed by atoms with Gasteiger partial charge in [0.25, 0.3) is 0 Å². The predicted octanol–water partition coefficient (Wildman–Crippen LogP) is 1.52. The van der Waals surface area contributed by atoms with Crippen LogP contribution in [0.2, 0.25) is 0 Å². The second kappa shape index (κ2) is 7.49. The van der Waals surface area contributed by atoms with Gasteiger partial charge in [0, 0.05) is 19.7 Å². The van der Waals surface area contributed by atoms with Gasteiger partial charge in [-0.15, -0.1) is 12.4 Å². The summed E-state index contributed by atoms with van der Waals surface area (Å²) in [5.41, 5.74) is 0. The normalized spacial score (nSPS) is 30.4. The van der Waals surface area contributed by atoms with Crippen LogP contribution in [-0.4, -0.2) is 50.8 Å². The SMILES string of the molecule is CN(CC1CCCNC1)C[C@@H]1CCCO1.Cl. The largest absolute Gasteiger partial charge is 0.377 e. The van der Waals surface area contributed by atoms with E-state index in [9.17, 15) is 0 Å². The molecule has 0 aromatic carbocycles. The second-order valence-corrected chi connectivity index (χ2v) is 5.07. The van der Waals surface area contributed by atoms with Crippen LogP contribution in [0.3, 0.4) is 0 Å². The van der Waals surface area contributed by atoms with E-state index in [1.807, 2.05) is 0 Å². The minimum Gasteiger partial charge on any atom is -0.377 e. The monoisotopic (exact) mass is 248 g/mol. The van der Waals surface area contributed by atoms with E-state index in [4.69, 9.17) is 4.74 Å². The number of rotatable bonds is 4. The molecule has 96 valence electrons. The lowest BCUT2D eigenvalue weighted by Gasteiger charge is -2.28. The fourth-order valence-electron chi connectivity index (χ4n) is 2.73. The zero-order chi connectivity index (χ0) is 10.5. The van der Waals surface area contributed by atoms with Crippen LogP contribution >= 0.6 is 12.4 Å². The minimum atomic E-state index is 0. The van der Waals surface area contributed by atoms with Gasteiger partial charge in [0.1, 0.15) is 0 Å². The highest BCUT2D eigenvalue weighted by Gasteiger charge is 2.20. The third-order valence-corrected chi connectivity index (χ3v) is 3.51. The van der Waals surface area contributed by atoms with Crippen molar-refractivity contribution >= 4 is 12.4 Å². The number of halogens is 1. The number of likely N-dealkylation sites (N-methyl/N-ethyl adjacent to an activating group) is 1. The number of piperidine rings is 1. The molecule has 4 heteroatoms. The van der Waals surface area contributed by atoms with Crippen LogP contribution in [0.5, 0.6) is 0 Å². The van der Waals surface area contributed by atoms with Gasteiger partial charge < -0.3 is 15.0 Å². The molecule has 2 heterocycles. The molecule has 0 amide bonds. The molecule has 2 aliphatic heterocycles. The molecule has 0 radical (unpaired) electrons. The van der Waals surface area contributed by atoms with Crippen molar-refractivity contribution in [2.75, 3.05) is 39.8 Å².